The van der Waals surface area contributed by atoms with Gasteiger partial charge in [-0.2, -0.15) is 0 Å². The second kappa shape index (κ2) is 7.75. The number of nitrogens with zero attached hydrogens (tertiary/aromatic N) is 1. The highest BCUT2D eigenvalue weighted by molar-refractivity contribution is 5.73. The van der Waals surface area contributed by atoms with Crippen molar-refractivity contribution in [2.75, 3.05) is 11.8 Å². The Labute approximate surface area is 137 Å². The Hall–Kier alpha value is -1.95. The number of hydrogen-bond acceptors (Lipinski definition) is 9. The van der Waals surface area contributed by atoms with Crippen molar-refractivity contribution in [2.45, 2.75) is 37.6 Å². The fourth-order valence-electron chi connectivity index (χ4n) is 2.36. The maximum absolute atomic E-state index is 11.3. The number of amides is 1. The highest BCUT2D eigenvalue weighted by Gasteiger charge is 2.46. The van der Waals surface area contributed by atoms with Gasteiger partial charge in [0.2, 0.25) is 12.2 Å². The summed E-state index contributed by atoms with van der Waals surface area (Å²) in [5.74, 6) is -0.246. The molecule has 10 nitrogen and oxygen atoms in total. The molecule has 1 saturated heterocycles. The van der Waals surface area contributed by atoms with Gasteiger partial charge in [0.25, 0.3) is 0 Å². The summed E-state index contributed by atoms with van der Waals surface area (Å²) >= 11 is 0. The van der Waals surface area contributed by atoms with Gasteiger partial charge in [-0.25, -0.2) is 0 Å². The van der Waals surface area contributed by atoms with Crippen molar-refractivity contribution in [3.8, 4) is 5.75 Å². The SMILES string of the molecule is CC(=O)NC1C(Oc2ccc(N([O-])O)cc2)OC(CO)C(O)C1O. The van der Waals surface area contributed by atoms with E-state index in [-0.39, 0.29) is 16.7 Å². The summed E-state index contributed by atoms with van der Waals surface area (Å²) in [6.07, 6.45) is -5.10. The Balaban J connectivity index is 2.17. The van der Waals surface area contributed by atoms with Crippen LogP contribution in [0.25, 0.3) is 0 Å². The zero-order valence-corrected chi connectivity index (χ0v) is 12.8. The van der Waals surface area contributed by atoms with Gasteiger partial charge in [0.15, 0.2) is 0 Å². The second-order valence-electron chi connectivity index (χ2n) is 5.32. The number of benzene rings is 1. The van der Waals surface area contributed by atoms with Crippen LogP contribution >= 0.6 is 0 Å². The standard InChI is InChI=1S/C14H19N2O8/c1-7(18)15-11-13(20)12(19)10(6-17)24-14(11)23-9-4-2-8(3-5-9)16(21)22/h2-5,10-14,17,19-21H,6H2,1H3,(H,15,18)/q-1. The van der Waals surface area contributed by atoms with Crippen molar-refractivity contribution < 1.29 is 34.8 Å². The number of hydrogen-bond donors (Lipinski definition) is 5. The summed E-state index contributed by atoms with van der Waals surface area (Å²) in [6, 6.07) is 4.24. The number of nitrogens with one attached hydrogen (secondary N) is 1. The molecule has 1 fully saturated rings. The van der Waals surface area contributed by atoms with E-state index in [1.165, 1.54) is 31.2 Å². The van der Waals surface area contributed by atoms with E-state index < -0.39 is 43.2 Å². The first-order valence-electron chi connectivity index (χ1n) is 7.16. The third-order valence-electron chi connectivity index (χ3n) is 3.56. The highest BCUT2D eigenvalue weighted by Crippen LogP contribution is 2.25. The molecule has 2 rings (SSSR count). The first-order chi connectivity index (χ1) is 11.3. The average Bonchev–Trinajstić information content (AvgIpc) is 2.54. The summed E-state index contributed by atoms with van der Waals surface area (Å²) in [4.78, 5) is 11.3. The quantitative estimate of drug-likeness (QED) is 0.410. The molecule has 1 aliphatic heterocycles. The Kier molecular flexibility index (Phi) is 5.94. The van der Waals surface area contributed by atoms with E-state index in [4.69, 9.17) is 14.7 Å². The highest BCUT2D eigenvalue weighted by atomic mass is 16.8. The van der Waals surface area contributed by atoms with Crippen molar-refractivity contribution in [1.29, 1.82) is 0 Å². The summed E-state index contributed by atoms with van der Waals surface area (Å²) in [7, 11) is 0. The first kappa shape index (κ1) is 18.4. The summed E-state index contributed by atoms with van der Waals surface area (Å²) in [5, 5.41) is 50.9. The van der Waals surface area contributed by atoms with Gasteiger partial charge in [0.05, 0.1) is 12.3 Å². The number of carbonyl (C=O) groups excluding carboxylic acids is 1. The molecule has 24 heavy (non-hydrogen) atoms. The van der Waals surface area contributed by atoms with Gasteiger partial charge in [-0.1, -0.05) is 0 Å². The van der Waals surface area contributed by atoms with Crippen molar-refractivity contribution in [3.05, 3.63) is 29.5 Å². The number of ether oxygens (including phenoxy) is 2. The number of aliphatic hydroxyl groups is 3. The molecule has 1 aromatic rings. The minimum atomic E-state index is -1.42. The van der Waals surface area contributed by atoms with Crippen LogP contribution in [0.3, 0.4) is 0 Å². The molecule has 1 amide bonds. The molecule has 0 aliphatic carbocycles. The van der Waals surface area contributed by atoms with E-state index in [0.717, 1.165) is 0 Å². The van der Waals surface area contributed by atoms with Crippen LogP contribution in [0.4, 0.5) is 5.69 Å². The summed E-state index contributed by atoms with van der Waals surface area (Å²) in [6.45, 7) is 0.673. The van der Waals surface area contributed by atoms with Crippen LogP contribution in [0, 0.1) is 5.21 Å². The molecule has 5 unspecified atom stereocenters. The van der Waals surface area contributed by atoms with Crippen LogP contribution in [0.5, 0.6) is 5.75 Å². The fraction of sp³-hybridized carbons (Fsp3) is 0.500. The summed E-state index contributed by atoms with van der Waals surface area (Å²) in [5.41, 5.74) is -0.0194. The Morgan fingerprint density at radius 1 is 1.33 bits per heavy atom. The van der Waals surface area contributed by atoms with Gasteiger partial charge in [-0.05, 0) is 24.3 Å². The average molecular weight is 343 g/mol. The van der Waals surface area contributed by atoms with Crippen LogP contribution in [-0.2, 0) is 9.53 Å². The van der Waals surface area contributed by atoms with Crippen molar-refractivity contribution in [1.82, 2.24) is 5.32 Å². The fourth-order valence-corrected chi connectivity index (χ4v) is 2.36. The van der Waals surface area contributed by atoms with E-state index in [1.54, 1.807) is 0 Å². The van der Waals surface area contributed by atoms with Gasteiger partial charge in [0.1, 0.15) is 30.1 Å². The van der Waals surface area contributed by atoms with Gasteiger partial charge < -0.3 is 40.5 Å². The van der Waals surface area contributed by atoms with E-state index in [1.807, 2.05) is 0 Å². The smallest absolute Gasteiger partial charge is 0.223 e. The molecule has 1 aliphatic rings. The predicted octanol–water partition coefficient (Wildman–Crippen LogP) is -1.30. The number of carbonyl (C=O) groups is 1. The van der Waals surface area contributed by atoms with Crippen molar-refractivity contribution in [2.24, 2.45) is 0 Å². The molecule has 1 aromatic carbocycles. The van der Waals surface area contributed by atoms with Crippen molar-refractivity contribution >= 4 is 11.6 Å². The van der Waals surface area contributed by atoms with Gasteiger partial charge in [0, 0.05) is 6.92 Å². The monoisotopic (exact) mass is 343 g/mol. The maximum Gasteiger partial charge on any atom is 0.223 e. The molecule has 134 valence electrons. The lowest BCUT2D eigenvalue weighted by Gasteiger charge is -2.42. The number of rotatable bonds is 5. The minimum Gasteiger partial charge on any atom is -0.733 e. The van der Waals surface area contributed by atoms with Crippen molar-refractivity contribution in [3.63, 3.8) is 0 Å². The molecular formula is C14H19N2O8-. The van der Waals surface area contributed by atoms with E-state index >= 15 is 0 Å². The predicted molar refractivity (Wildman–Crippen MR) is 80.1 cm³/mol. The molecule has 10 heteroatoms. The first-order valence-corrected chi connectivity index (χ1v) is 7.16. The van der Waals surface area contributed by atoms with E-state index in [9.17, 15) is 25.3 Å². The third-order valence-corrected chi connectivity index (χ3v) is 3.56. The van der Waals surface area contributed by atoms with Gasteiger partial charge in [-0.15, -0.1) is 0 Å². The van der Waals surface area contributed by atoms with Crippen LogP contribution in [-0.4, -0.2) is 63.7 Å². The van der Waals surface area contributed by atoms with Crippen LogP contribution in [0.1, 0.15) is 6.92 Å². The van der Waals surface area contributed by atoms with Crippen LogP contribution in [0.15, 0.2) is 24.3 Å². The van der Waals surface area contributed by atoms with Gasteiger partial charge >= 0.3 is 0 Å². The third kappa shape index (κ3) is 4.12. The molecule has 0 spiro atoms. The van der Waals surface area contributed by atoms with Crippen LogP contribution in [0.2, 0.25) is 0 Å². The zero-order valence-electron chi connectivity index (χ0n) is 12.8. The Bertz CT molecular complexity index is 552. The minimum absolute atomic E-state index is 0.0194. The second-order valence-corrected chi connectivity index (χ2v) is 5.32. The number of anilines is 1. The molecule has 5 N–H and O–H groups in total. The lowest BCUT2D eigenvalue weighted by atomic mass is 9.97. The molecular weight excluding hydrogens is 324 g/mol. The molecule has 0 saturated carbocycles. The molecule has 1 heterocycles. The number of aliphatic hydroxyl groups excluding tert-OH is 3. The molecule has 0 aromatic heterocycles. The molecule has 0 bridgehead atoms. The lowest BCUT2D eigenvalue weighted by Crippen LogP contribution is -2.65. The Morgan fingerprint density at radius 2 is 1.96 bits per heavy atom. The topological polar surface area (TPSA) is 155 Å². The van der Waals surface area contributed by atoms with Gasteiger partial charge in [-0.3, -0.25) is 10.0 Å². The van der Waals surface area contributed by atoms with E-state index in [0.29, 0.717) is 0 Å². The maximum atomic E-state index is 11.3. The van der Waals surface area contributed by atoms with Crippen LogP contribution < -0.4 is 15.3 Å². The lowest BCUT2D eigenvalue weighted by molar-refractivity contribution is -0.244. The van der Waals surface area contributed by atoms with E-state index in [2.05, 4.69) is 5.32 Å². The largest absolute Gasteiger partial charge is 0.733 e. The normalized spacial score (nSPS) is 29.8. The molecule has 5 atom stereocenters. The molecule has 0 radical (unpaired) electrons. The Morgan fingerprint density at radius 3 is 2.46 bits per heavy atom. The summed E-state index contributed by atoms with van der Waals surface area (Å²) < 4.78 is 10.9. The zero-order chi connectivity index (χ0) is 17.9.